The third kappa shape index (κ3) is 2.61. The fourth-order valence-electron chi connectivity index (χ4n) is 4.29. The molecule has 0 aromatic heterocycles. The van der Waals surface area contributed by atoms with E-state index in [1.54, 1.807) is 0 Å². The summed E-state index contributed by atoms with van der Waals surface area (Å²) in [5, 5.41) is 18.9. The standard InChI is InChI=1S/C15H24N2O4/c1-9-6-10(14(19)20)4-5-16(9)15(21)17-11-2-3-12(17)8-13(18)7-11/h9-13,18H,2-8H2,1H3,(H,19,20). The Morgan fingerprint density at radius 2 is 1.67 bits per heavy atom. The number of piperidine rings is 2. The first kappa shape index (κ1) is 14.6. The van der Waals surface area contributed by atoms with Crippen LogP contribution in [0.1, 0.15) is 45.4 Å². The lowest BCUT2D eigenvalue weighted by Gasteiger charge is -2.44. The molecule has 6 heteroatoms. The van der Waals surface area contributed by atoms with Crippen molar-refractivity contribution in [2.75, 3.05) is 6.54 Å². The second kappa shape index (κ2) is 5.48. The van der Waals surface area contributed by atoms with Crippen LogP contribution in [0.15, 0.2) is 0 Å². The van der Waals surface area contributed by atoms with Crippen LogP contribution in [0.3, 0.4) is 0 Å². The van der Waals surface area contributed by atoms with E-state index < -0.39 is 5.97 Å². The van der Waals surface area contributed by atoms with Crippen molar-refractivity contribution in [3.8, 4) is 0 Å². The van der Waals surface area contributed by atoms with E-state index in [1.165, 1.54) is 0 Å². The molecule has 0 spiro atoms. The SMILES string of the molecule is CC1CC(C(=O)O)CCN1C(=O)N1C2CCC1CC(O)C2. The summed E-state index contributed by atoms with van der Waals surface area (Å²) in [6.07, 6.45) is 4.12. The molecule has 2 bridgehead atoms. The number of rotatable bonds is 1. The molecule has 118 valence electrons. The van der Waals surface area contributed by atoms with Gasteiger partial charge in [0, 0.05) is 24.7 Å². The molecule has 21 heavy (non-hydrogen) atoms. The zero-order chi connectivity index (χ0) is 15.1. The number of carboxylic acids is 1. The molecule has 0 radical (unpaired) electrons. The molecular formula is C15H24N2O4. The summed E-state index contributed by atoms with van der Waals surface area (Å²) in [6, 6.07) is 0.343. The van der Waals surface area contributed by atoms with Crippen molar-refractivity contribution in [1.29, 1.82) is 0 Å². The van der Waals surface area contributed by atoms with Crippen molar-refractivity contribution >= 4 is 12.0 Å². The highest BCUT2D eigenvalue weighted by molar-refractivity contribution is 5.77. The van der Waals surface area contributed by atoms with Gasteiger partial charge in [-0.25, -0.2) is 4.79 Å². The fraction of sp³-hybridized carbons (Fsp3) is 0.867. The van der Waals surface area contributed by atoms with Crippen LogP contribution in [0, 0.1) is 5.92 Å². The van der Waals surface area contributed by atoms with Crippen LogP contribution in [0.4, 0.5) is 4.79 Å². The quantitative estimate of drug-likeness (QED) is 0.764. The summed E-state index contributed by atoms with van der Waals surface area (Å²) < 4.78 is 0. The molecule has 3 aliphatic rings. The molecule has 4 atom stereocenters. The Kier molecular flexibility index (Phi) is 3.82. The van der Waals surface area contributed by atoms with Gasteiger partial charge in [-0.1, -0.05) is 0 Å². The second-order valence-electron chi connectivity index (χ2n) is 6.80. The van der Waals surface area contributed by atoms with Crippen LogP contribution in [0.25, 0.3) is 0 Å². The zero-order valence-corrected chi connectivity index (χ0v) is 12.4. The van der Waals surface area contributed by atoms with Gasteiger partial charge in [-0.2, -0.15) is 0 Å². The number of carbonyl (C=O) groups excluding carboxylic acids is 1. The van der Waals surface area contributed by atoms with Gasteiger partial charge in [0.15, 0.2) is 0 Å². The molecule has 0 aromatic rings. The number of nitrogens with zero attached hydrogens (tertiary/aromatic N) is 2. The molecular weight excluding hydrogens is 272 g/mol. The summed E-state index contributed by atoms with van der Waals surface area (Å²) in [4.78, 5) is 27.7. The van der Waals surface area contributed by atoms with Gasteiger partial charge < -0.3 is 20.0 Å². The Labute approximate surface area is 124 Å². The van der Waals surface area contributed by atoms with E-state index in [0.29, 0.717) is 32.2 Å². The van der Waals surface area contributed by atoms with Gasteiger partial charge in [-0.3, -0.25) is 4.79 Å². The number of hydrogen-bond acceptors (Lipinski definition) is 3. The molecule has 0 aromatic carbocycles. The largest absolute Gasteiger partial charge is 0.481 e. The van der Waals surface area contributed by atoms with Crippen LogP contribution in [-0.2, 0) is 4.79 Å². The van der Waals surface area contributed by atoms with Crippen molar-refractivity contribution in [3.63, 3.8) is 0 Å². The van der Waals surface area contributed by atoms with E-state index in [9.17, 15) is 14.7 Å². The smallest absolute Gasteiger partial charge is 0.320 e. The van der Waals surface area contributed by atoms with E-state index in [1.807, 2.05) is 16.7 Å². The summed E-state index contributed by atoms with van der Waals surface area (Å²) in [5.41, 5.74) is 0. The average molecular weight is 296 g/mol. The van der Waals surface area contributed by atoms with Crippen LogP contribution in [0.2, 0.25) is 0 Å². The van der Waals surface area contributed by atoms with Gasteiger partial charge >= 0.3 is 12.0 Å². The number of urea groups is 1. The summed E-state index contributed by atoms with van der Waals surface area (Å²) >= 11 is 0. The normalized spacial score (nSPS) is 39.4. The Balaban J connectivity index is 1.68. The molecule has 3 saturated heterocycles. The molecule has 6 nitrogen and oxygen atoms in total. The number of fused-ring (bicyclic) bond motifs is 2. The number of aliphatic hydroxyl groups is 1. The lowest BCUT2D eigenvalue weighted by molar-refractivity contribution is -0.143. The number of likely N-dealkylation sites (tertiary alicyclic amines) is 1. The van der Waals surface area contributed by atoms with Gasteiger partial charge in [0.2, 0.25) is 0 Å². The minimum atomic E-state index is -0.755. The van der Waals surface area contributed by atoms with E-state index in [2.05, 4.69) is 0 Å². The number of aliphatic carboxylic acids is 1. The van der Waals surface area contributed by atoms with Crippen molar-refractivity contribution in [3.05, 3.63) is 0 Å². The maximum atomic E-state index is 12.8. The molecule has 3 aliphatic heterocycles. The molecule has 4 unspecified atom stereocenters. The molecule has 2 N–H and O–H groups in total. The summed E-state index contributed by atoms with van der Waals surface area (Å²) in [7, 11) is 0. The van der Waals surface area contributed by atoms with Crippen LogP contribution in [0.5, 0.6) is 0 Å². The average Bonchev–Trinajstić information content (AvgIpc) is 2.70. The first-order valence-electron chi connectivity index (χ1n) is 7.97. The van der Waals surface area contributed by atoms with Crippen molar-refractivity contribution in [1.82, 2.24) is 9.80 Å². The van der Waals surface area contributed by atoms with Gasteiger partial charge in [-0.05, 0) is 45.4 Å². The third-order valence-electron chi connectivity index (χ3n) is 5.40. The zero-order valence-electron chi connectivity index (χ0n) is 12.4. The summed E-state index contributed by atoms with van der Waals surface area (Å²) in [5.74, 6) is -1.08. The number of carbonyl (C=O) groups is 2. The molecule has 0 saturated carbocycles. The van der Waals surface area contributed by atoms with Crippen LogP contribution < -0.4 is 0 Å². The monoisotopic (exact) mass is 296 g/mol. The van der Waals surface area contributed by atoms with Gasteiger partial charge in [0.25, 0.3) is 0 Å². The minimum Gasteiger partial charge on any atom is -0.481 e. The molecule has 3 rings (SSSR count). The Morgan fingerprint density at radius 1 is 1.05 bits per heavy atom. The lowest BCUT2D eigenvalue weighted by Crippen LogP contribution is -2.57. The first-order valence-corrected chi connectivity index (χ1v) is 7.97. The number of carboxylic acid groups (broad SMARTS) is 1. The van der Waals surface area contributed by atoms with Crippen LogP contribution >= 0.6 is 0 Å². The van der Waals surface area contributed by atoms with Crippen molar-refractivity contribution in [2.45, 2.75) is 69.7 Å². The molecule has 3 heterocycles. The number of amides is 2. The Bertz CT molecular complexity index is 427. The van der Waals surface area contributed by atoms with Gasteiger partial charge in [-0.15, -0.1) is 0 Å². The first-order chi connectivity index (χ1) is 9.97. The maximum Gasteiger partial charge on any atom is 0.320 e. The fourth-order valence-corrected chi connectivity index (χ4v) is 4.29. The number of hydrogen-bond donors (Lipinski definition) is 2. The van der Waals surface area contributed by atoms with E-state index in [0.717, 1.165) is 12.8 Å². The molecule has 3 fully saturated rings. The predicted octanol–water partition coefficient (Wildman–Crippen LogP) is 1.28. The predicted molar refractivity (Wildman–Crippen MR) is 75.8 cm³/mol. The highest BCUT2D eigenvalue weighted by Gasteiger charge is 2.45. The van der Waals surface area contributed by atoms with E-state index >= 15 is 0 Å². The second-order valence-corrected chi connectivity index (χ2v) is 6.80. The number of aliphatic hydroxyl groups excluding tert-OH is 1. The topological polar surface area (TPSA) is 81.1 Å². The third-order valence-corrected chi connectivity index (χ3v) is 5.40. The Hall–Kier alpha value is -1.30. The molecule has 2 amide bonds. The minimum absolute atomic E-state index is 0.0291. The Morgan fingerprint density at radius 3 is 2.19 bits per heavy atom. The lowest BCUT2D eigenvalue weighted by atomic mass is 9.91. The maximum absolute atomic E-state index is 12.8. The van der Waals surface area contributed by atoms with Crippen molar-refractivity contribution < 1.29 is 19.8 Å². The van der Waals surface area contributed by atoms with Crippen LogP contribution in [-0.4, -0.2) is 62.8 Å². The highest BCUT2D eigenvalue weighted by atomic mass is 16.4. The van der Waals surface area contributed by atoms with Gasteiger partial charge in [0.05, 0.1) is 12.0 Å². The van der Waals surface area contributed by atoms with Gasteiger partial charge in [0.1, 0.15) is 0 Å². The van der Waals surface area contributed by atoms with Crippen molar-refractivity contribution in [2.24, 2.45) is 5.92 Å². The summed E-state index contributed by atoms with van der Waals surface area (Å²) in [6.45, 7) is 2.46. The van der Waals surface area contributed by atoms with E-state index in [-0.39, 0.29) is 36.2 Å². The molecule has 0 aliphatic carbocycles. The van der Waals surface area contributed by atoms with E-state index in [4.69, 9.17) is 5.11 Å². The highest BCUT2D eigenvalue weighted by Crippen LogP contribution is 2.37.